The summed E-state index contributed by atoms with van der Waals surface area (Å²) in [5.74, 6) is -2.07. The van der Waals surface area contributed by atoms with Gasteiger partial charge in [-0.05, 0) is 18.2 Å². The maximum atomic E-state index is 13.1. The van der Waals surface area contributed by atoms with Gasteiger partial charge in [0.1, 0.15) is 10.7 Å². The quantitative estimate of drug-likeness (QED) is 0.348. The third-order valence-corrected chi connectivity index (χ3v) is 6.44. The van der Waals surface area contributed by atoms with E-state index in [1.165, 1.54) is 25.1 Å². The number of piperazine rings is 1. The predicted molar refractivity (Wildman–Crippen MR) is 121 cm³/mol. The highest BCUT2D eigenvalue weighted by molar-refractivity contribution is 6.46. The summed E-state index contributed by atoms with van der Waals surface area (Å²) in [5.41, 5.74) is 1.60. The van der Waals surface area contributed by atoms with Gasteiger partial charge in [0.2, 0.25) is 0 Å². The molecule has 2 aliphatic heterocycles. The van der Waals surface area contributed by atoms with E-state index < -0.39 is 23.6 Å². The molecule has 0 aliphatic carbocycles. The average molecular weight is 482 g/mol. The highest BCUT2D eigenvalue weighted by Gasteiger charge is 2.45. The Morgan fingerprint density at radius 3 is 2.65 bits per heavy atom. The van der Waals surface area contributed by atoms with Gasteiger partial charge in [-0.2, -0.15) is 0 Å². The van der Waals surface area contributed by atoms with Crippen molar-refractivity contribution in [3.8, 4) is 0 Å². The van der Waals surface area contributed by atoms with Crippen LogP contribution < -0.4 is 0 Å². The van der Waals surface area contributed by atoms with E-state index in [0.717, 1.165) is 5.06 Å². The number of hydroxylamine groups is 2. The number of ketones is 1. The summed E-state index contributed by atoms with van der Waals surface area (Å²) in [6.45, 7) is 0.682. The summed E-state index contributed by atoms with van der Waals surface area (Å²) in [4.78, 5) is 67.5. The summed E-state index contributed by atoms with van der Waals surface area (Å²) >= 11 is 6.17. The second kappa shape index (κ2) is 8.23. The first-order valence-electron chi connectivity index (χ1n) is 10.6. The molecule has 5 rings (SSSR count). The minimum absolute atomic E-state index is 0.00522. The van der Waals surface area contributed by atoms with E-state index in [0.29, 0.717) is 17.8 Å². The molecule has 2 aliphatic rings. The van der Waals surface area contributed by atoms with E-state index in [1.807, 2.05) is 6.07 Å². The molecular weight excluding hydrogens is 462 g/mol. The molecule has 11 heteroatoms. The van der Waals surface area contributed by atoms with Gasteiger partial charge in [-0.15, -0.1) is 0 Å². The number of halogens is 1. The standard InChI is InChI=1S/C23H20ClN5O5/c1-27(34-2)22(32)13-10-15(24)25-19-16-18(26-17(13)19)14-11-28(8-9-29(14)23(33)20(16)30)21(31)12-6-4-3-5-7-12/h3-7,10,14,26H,8-9,11H2,1-2H3/t14-/m0/s1. The van der Waals surface area contributed by atoms with Crippen molar-refractivity contribution in [1.29, 1.82) is 0 Å². The van der Waals surface area contributed by atoms with Gasteiger partial charge in [-0.1, -0.05) is 29.8 Å². The van der Waals surface area contributed by atoms with Crippen molar-refractivity contribution in [2.75, 3.05) is 33.8 Å². The summed E-state index contributed by atoms with van der Waals surface area (Å²) < 4.78 is 0. The molecule has 0 spiro atoms. The van der Waals surface area contributed by atoms with Crippen LogP contribution in [0.15, 0.2) is 36.4 Å². The molecule has 3 amide bonds. The van der Waals surface area contributed by atoms with Crippen LogP contribution >= 0.6 is 11.6 Å². The molecule has 10 nitrogen and oxygen atoms in total. The molecule has 174 valence electrons. The molecule has 0 bridgehead atoms. The normalized spacial score (nSPS) is 17.6. The molecule has 2 aromatic heterocycles. The minimum Gasteiger partial charge on any atom is -0.354 e. The number of hydrogen-bond donors (Lipinski definition) is 1. The van der Waals surface area contributed by atoms with Crippen LogP contribution in [0.5, 0.6) is 0 Å². The van der Waals surface area contributed by atoms with Crippen LogP contribution in [-0.4, -0.2) is 82.1 Å². The van der Waals surface area contributed by atoms with Gasteiger partial charge >= 0.3 is 0 Å². The van der Waals surface area contributed by atoms with E-state index in [-0.39, 0.29) is 46.3 Å². The largest absolute Gasteiger partial charge is 0.354 e. The molecular formula is C23H20ClN5O5. The number of benzene rings is 1. The maximum Gasteiger partial charge on any atom is 0.295 e. The third-order valence-electron chi connectivity index (χ3n) is 6.25. The van der Waals surface area contributed by atoms with Gasteiger partial charge in [0.15, 0.2) is 0 Å². The van der Waals surface area contributed by atoms with Crippen LogP contribution in [0.1, 0.15) is 42.8 Å². The van der Waals surface area contributed by atoms with E-state index in [2.05, 4.69) is 9.97 Å². The molecule has 4 heterocycles. The van der Waals surface area contributed by atoms with Crippen molar-refractivity contribution in [3.05, 3.63) is 63.9 Å². The molecule has 1 atom stereocenters. The van der Waals surface area contributed by atoms with Crippen molar-refractivity contribution in [2.45, 2.75) is 6.04 Å². The number of pyridine rings is 1. The van der Waals surface area contributed by atoms with Gasteiger partial charge in [0.05, 0.1) is 35.5 Å². The highest BCUT2D eigenvalue weighted by atomic mass is 35.5. The molecule has 0 radical (unpaired) electrons. The number of aromatic amines is 1. The topological polar surface area (TPSA) is 116 Å². The number of aromatic nitrogens is 2. The molecule has 0 saturated carbocycles. The lowest BCUT2D eigenvalue weighted by Gasteiger charge is -2.43. The second-order valence-electron chi connectivity index (χ2n) is 8.08. The fourth-order valence-electron chi connectivity index (χ4n) is 4.51. The first kappa shape index (κ1) is 22.1. The number of nitrogens with one attached hydrogen (secondary N) is 1. The Hall–Kier alpha value is -3.76. The molecule has 1 aromatic carbocycles. The van der Waals surface area contributed by atoms with Crippen molar-refractivity contribution in [1.82, 2.24) is 24.8 Å². The summed E-state index contributed by atoms with van der Waals surface area (Å²) in [6, 6.07) is 9.64. The number of hydrogen-bond acceptors (Lipinski definition) is 6. The van der Waals surface area contributed by atoms with Crippen LogP contribution in [0.25, 0.3) is 11.0 Å². The lowest BCUT2D eigenvalue weighted by Crippen LogP contribution is -2.56. The van der Waals surface area contributed by atoms with Crippen molar-refractivity contribution in [3.63, 3.8) is 0 Å². The van der Waals surface area contributed by atoms with Crippen molar-refractivity contribution in [2.24, 2.45) is 0 Å². The van der Waals surface area contributed by atoms with Gasteiger partial charge in [-0.3, -0.25) is 24.0 Å². The number of fused-ring (bicyclic) bond motifs is 5. The molecule has 3 aromatic rings. The smallest absolute Gasteiger partial charge is 0.295 e. The number of H-pyrrole nitrogens is 1. The molecule has 1 fully saturated rings. The summed E-state index contributed by atoms with van der Waals surface area (Å²) in [6.07, 6.45) is 0. The maximum absolute atomic E-state index is 13.1. The number of nitrogens with zero attached hydrogens (tertiary/aromatic N) is 4. The van der Waals surface area contributed by atoms with Gasteiger partial charge in [0, 0.05) is 32.2 Å². The van der Waals surface area contributed by atoms with Crippen LogP contribution in [0.2, 0.25) is 5.15 Å². The molecule has 34 heavy (non-hydrogen) atoms. The SMILES string of the molecule is CON(C)C(=O)c1cc(Cl)nc2c3c([nH]c12)[C@@H]1CN(C(=O)c2ccccc2)CCN1C(=O)C3=O. The van der Waals surface area contributed by atoms with E-state index >= 15 is 0 Å². The molecule has 0 unspecified atom stereocenters. The van der Waals surface area contributed by atoms with E-state index in [4.69, 9.17) is 16.4 Å². The Morgan fingerprint density at radius 2 is 1.94 bits per heavy atom. The van der Waals surface area contributed by atoms with E-state index in [1.54, 1.807) is 29.2 Å². The average Bonchev–Trinajstić information content (AvgIpc) is 3.25. The monoisotopic (exact) mass is 481 g/mol. The fourth-order valence-corrected chi connectivity index (χ4v) is 4.70. The molecule has 1 N–H and O–H groups in total. The van der Waals surface area contributed by atoms with E-state index in [9.17, 15) is 19.2 Å². The highest BCUT2D eigenvalue weighted by Crippen LogP contribution is 2.38. The molecule has 1 saturated heterocycles. The number of rotatable bonds is 3. The number of amides is 3. The Labute approximate surface area is 199 Å². The van der Waals surface area contributed by atoms with Gasteiger partial charge in [0.25, 0.3) is 23.5 Å². The van der Waals surface area contributed by atoms with Crippen LogP contribution in [-0.2, 0) is 9.63 Å². The Bertz CT molecular complexity index is 1350. The zero-order chi connectivity index (χ0) is 24.1. The first-order chi connectivity index (χ1) is 16.3. The lowest BCUT2D eigenvalue weighted by molar-refractivity contribution is -0.131. The Balaban J connectivity index is 1.62. The third kappa shape index (κ3) is 3.34. The van der Waals surface area contributed by atoms with Gasteiger partial charge < -0.3 is 14.8 Å². The second-order valence-corrected chi connectivity index (χ2v) is 8.46. The predicted octanol–water partition coefficient (Wildman–Crippen LogP) is 2.07. The van der Waals surface area contributed by atoms with Crippen LogP contribution in [0.4, 0.5) is 0 Å². The lowest BCUT2D eigenvalue weighted by atomic mass is 9.94. The van der Waals surface area contributed by atoms with Crippen molar-refractivity contribution >= 4 is 46.1 Å². The fraction of sp³-hybridized carbons (Fsp3) is 0.261. The summed E-state index contributed by atoms with van der Waals surface area (Å²) in [7, 11) is 2.79. The first-order valence-corrected chi connectivity index (χ1v) is 10.9. The van der Waals surface area contributed by atoms with Crippen LogP contribution in [0.3, 0.4) is 0 Å². The Kier molecular flexibility index (Phi) is 5.34. The van der Waals surface area contributed by atoms with Crippen LogP contribution in [0, 0.1) is 0 Å². The minimum atomic E-state index is -0.728. The number of carbonyl (C=O) groups is 4. The number of Topliss-reactive ketones (excluding diaryl/α,β-unsaturated/α-hetero) is 1. The zero-order valence-electron chi connectivity index (χ0n) is 18.4. The van der Waals surface area contributed by atoms with Crippen molar-refractivity contribution < 1.29 is 24.0 Å². The zero-order valence-corrected chi connectivity index (χ0v) is 19.1. The van der Waals surface area contributed by atoms with Gasteiger partial charge in [-0.25, -0.2) is 10.0 Å². The Morgan fingerprint density at radius 1 is 1.21 bits per heavy atom. The number of carbonyl (C=O) groups excluding carboxylic acids is 4. The summed E-state index contributed by atoms with van der Waals surface area (Å²) in [5, 5.41) is 1.01.